The smallest absolute Gasteiger partial charge is 0.220 e. The van der Waals surface area contributed by atoms with Gasteiger partial charge in [-0.2, -0.15) is 5.10 Å². The quantitative estimate of drug-likeness (QED) is 0.887. The Morgan fingerprint density at radius 2 is 2.17 bits per heavy atom. The van der Waals surface area contributed by atoms with Crippen molar-refractivity contribution in [1.29, 1.82) is 0 Å². The lowest BCUT2D eigenvalue weighted by atomic mass is 10.1. The van der Waals surface area contributed by atoms with Crippen molar-refractivity contribution in [3.05, 3.63) is 53.3 Å². The number of nitrogens with zero attached hydrogens (tertiary/aromatic N) is 2. The van der Waals surface area contributed by atoms with E-state index in [0.29, 0.717) is 25.5 Å². The number of carbonyl (C=O) groups is 1. The van der Waals surface area contributed by atoms with Gasteiger partial charge in [0.25, 0.3) is 0 Å². The summed E-state index contributed by atoms with van der Waals surface area (Å²) >= 11 is 0. The summed E-state index contributed by atoms with van der Waals surface area (Å²) in [6.07, 6.45) is 3.37. The second kappa shape index (κ2) is 7.62. The number of nitrogens with one attached hydrogen (secondary N) is 1. The van der Waals surface area contributed by atoms with Crippen molar-refractivity contribution in [3.8, 4) is 0 Å². The fourth-order valence-corrected chi connectivity index (χ4v) is 2.99. The molecule has 24 heavy (non-hydrogen) atoms. The van der Waals surface area contributed by atoms with Crippen LogP contribution in [0.3, 0.4) is 0 Å². The number of carbonyl (C=O) groups excluding carboxylic acids is 1. The van der Waals surface area contributed by atoms with E-state index in [1.54, 1.807) is 0 Å². The van der Waals surface area contributed by atoms with Crippen molar-refractivity contribution in [1.82, 2.24) is 15.1 Å². The molecule has 128 valence electrons. The van der Waals surface area contributed by atoms with Crippen LogP contribution in [0.15, 0.2) is 36.5 Å². The summed E-state index contributed by atoms with van der Waals surface area (Å²) in [5.41, 5.74) is 3.40. The maximum absolute atomic E-state index is 11.9. The Balaban J connectivity index is 1.65. The third-order valence-electron chi connectivity index (χ3n) is 4.13. The van der Waals surface area contributed by atoms with E-state index in [9.17, 15) is 4.79 Å². The van der Waals surface area contributed by atoms with E-state index < -0.39 is 0 Å². The third kappa shape index (κ3) is 4.23. The van der Waals surface area contributed by atoms with E-state index >= 15 is 0 Å². The van der Waals surface area contributed by atoms with Gasteiger partial charge in [-0.3, -0.25) is 9.48 Å². The predicted molar refractivity (Wildman–Crippen MR) is 92.6 cm³/mol. The molecule has 2 heterocycles. The Morgan fingerprint density at radius 3 is 2.92 bits per heavy atom. The highest BCUT2D eigenvalue weighted by molar-refractivity contribution is 5.76. The molecule has 0 aliphatic carbocycles. The van der Waals surface area contributed by atoms with Crippen molar-refractivity contribution in [2.24, 2.45) is 5.92 Å². The molecule has 1 atom stereocenters. The molecule has 0 fully saturated rings. The van der Waals surface area contributed by atoms with Crippen molar-refractivity contribution in [2.75, 3.05) is 13.2 Å². The van der Waals surface area contributed by atoms with Gasteiger partial charge in [0.2, 0.25) is 5.91 Å². The average Bonchev–Trinajstić information content (AvgIpc) is 2.96. The molecular weight excluding hydrogens is 302 g/mol. The predicted octanol–water partition coefficient (Wildman–Crippen LogP) is 2.71. The maximum atomic E-state index is 11.9. The highest BCUT2D eigenvalue weighted by Gasteiger charge is 2.25. The average molecular weight is 327 g/mol. The van der Waals surface area contributed by atoms with Crippen molar-refractivity contribution in [2.45, 2.75) is 39.3 Å². The monoisotopic (exact) mass is 327 g/mol. The number of rotatable bonds is 6. The molecule has 5 heteroatoms. The normalized spacial score (nSPS) is 16.9. The standard InChI is InChI=1S/C19H25N3O2/c1-14(2)10-18(23)20-11-17-19-16(8-9-24-17)13-22(21-19)12-15-6-4-3-5-7-15/h3-7,13-14,17H,8-12H2,1-2H3,(H,20,23). The van der Waals surface area contributed by atoms with Gasteiger partial charge >= 0.3 is 0 Å². The molecule has 0 radical (unpaired) electrons. The Hall–Kier alpha value is -2.14. The molecule has 5 nitrogen and oxygen atoms in total. The summed E-state index contributed by atoms with van der Waals surface area (Å²) in [7, 11) is 0. The molecule has 0 saturated heterocycles. The van der Waals surface area contributed by atoms with Gasteiger partial charge in [-0.1, -0.05) is 44.2 Å². The van der Waals surface area contributed by atoms with Gasteiger partial charge in [-0.25, -0.2) is 0 Å². The molecular formula is C19H25N3O2. The first-order chi connectivity index (χ1) is 11.6. The summed E-state index contributed by atoms with van der Waals surface area (Å²) in [5.74, 6) is 0.433. The first kappa shape index (κ1) is 16.7. The van der Waals surface area contributed by atoms with Crippen LogP contribution in [0, 0.1) is 5.92 Å². The van der Waals surface area contributed by atoms with Gasteiger partial charge in [-0.05, 0) is 23.5 Å². The lowest BCUT2D eigenvalue weighted by Crippen LogP contribution is -2.32. The minimum Gasteiger partial charge on any atom is -0.370 e. The Labute approximate surface area is 143 Å². The van der Waals surface area contributed by atoms with Crippen LogP contribution in [-0.4, -0.2) is 28.8 Å². The summed E-state index contributed by atoms with van der Waals surface area (Å²) in [6, 6.07) is 10.3. The molecule has 2 aromatic rings. The van der Waals surface area contributed by atoms with Gasteiger partial charge in [0.05, 0.1) is 18.8 Å². The van der Waals surface area contributed by atoms with E-state index in [0.717, 1.165) is 18.7 Å². The zero-order chi connectivity index (χ0) is 16.9. The molecule has 1 aromatic heterocycles. The van der Waals surface area contributed by atoms with Gasteiger partial charge < -0.3 is 10.1 Å². The summed E-state index contributed by atoms with van der Waals surface area (Å²) < 4.78 is 7.80. The SMILES string of the molecule is CC(C)CC(=O)NCC1OCCc2cn(Cc3ccccc3)nc21. The van der Waals surface area contributed by atoms with Crippen molar-refractivity contribution in [3.63, 3.8) is 0 Å². The van der Waals surface area contributed by atoms with Crippen molar-refractivity contribution < 1.29 is 9.53 Å². The molecule has 0 spiro atoms. The molecule has 1 aromatic carbocycles. The third-order valence-corrected chi connectivity index (χ3v) is 4.13. The zero-order valence-corrected chi connectivity index (χ0v) is 14.4. The van der Waals surface area contributed by atoms with E-state index in [4.69, 9.17) is 9.84 Å². The van der Waals surface area contributed by atoms with E-state index in [1.807, 2.05) is 36.7 Å². The highest BCUT2D eigenvalue weighted by Crippen LogP contribution is 2.25. The van der Waals surface area contributed by atoms with Crippen LogP contribution in [0.2, 0.25) is 0 Å². The lowest BCUT2D eigenvalue weighted by molar-refractivity contribution is -0.122. The minimum absolute atomic E-state index is 0.0736. The highest BCUT2D eigenvalue weighted by atomic mass is 16.5. The number of hydrogen-bond acceptors (Lipinski definition) is 3. The fourth-order valence-electron chi connectivity index (χ4n) is 2.99. The molecule has 1 N–H and O–H groups in total. The van der Waals surface area contributed by atoms with Gasteiger partial charge in [0, 0.05) is 19.2 Å². The minimum atomic E-state index is -0.151. The second-order valence-electron chi connectivity index (χ2n) is 6.73. The zero-order valence-electron chi connectivity index (χ0n) is 14.4. The molecule has 3 rings (SSSR count). The van der Waals surface area contributed by atoms with Gasteiger partial charge in [0.1, 0.15) is 6.10 Å². The summed E-state index contributed by atoms with van der Waals surface area (Å²) in [5, 5.41) is 7.68. The summed E-state index contributed by atoms with van der Waals surface area (Å²) in [4.78, 5) is 11.9. The van der Waals surface area contributed by atoms with Crippen LogP contribution < -0.4 is 5.32 Å². The van der Waals surface area contributed by atoms with E-state index in [-0.39, 0.29) is 12.0 Å². The molecule has 1 aliphatic rings. The van der Waals surface area contributed by atoms with Crippen LogP contribution in [-0.2, 0) is 22.5 Å². The number of fused-ring (bicyclic) bond motifs is 1. The van der Waals surface area contributed by atoms with Crippen LogP contribution in [0.1, 0.15) is 43.2 Å². The first-order valence-electron chi connectivity index (χ1n) is 8.60. The van der Waals surface area contributed by atoms with Crippen molar-refractivity contribution >= 4 is 5.91 Å². The van der Waals surface area contributed by atoms with Crippen LogP contribution in [0.4, 0.5) is 0 Å². The number of amides is 1. The molecule has 1 aliphatic heterocycles. The Bertz CT molecular complexity index is 679. The van der Waals surface area contributed by atoms with Gasteiger partial charge in [-0.15, -0.1) is 0 Å². The fraction of sp³-hybridized carbons (Fsp3) is 0.474. The largest absolute Gasteiger partial charge is 0.370 e. The number of benzene rings is 1. The second-order valence-corrected chi connectivity index (χ2v) is 6.73. The molecule has 1 unspecified atom stereocenters. The Morgan fingerprint density at radius 1 is 1.38 bits per heavy atom. The first-order valence-corrected chi connectivity index (χ1v) is 8.60. The molecule has 1 amide bonds. The van der Waals surface area contributed by atoms with Crippen LogP contribution in [0.25, 0.3) is 0 Å². The molecule has 0 bridgehead atoms. The lowest BCUT2D eigenvalue weighted by Gasteiger charge is -2.22. The van der Waals surface area contributed by atoms with E-state index in [2.05, 4.69) is 23.6 Å². The van der Waals surface area contributed by atoms with E-state index in [1.165, 1.54) is 11.1 Å². The summed E-state index contributed by atoms with van der Waals surface area (Å²) in [6.45, 7) is 6.00. The topological polar surface area (TPSA) is 56.1 Å². The Kier molecular flexibility index (Phi) is 5.30. The maximum Gasteiger partial charge on any atom is 0.220 e. The number of aromatic nitrogens is 2. The van der Waals surface area contributed by atoms with Crippen LogP contribution in [0.5, 0.6) is 0 Å². The number of hydrogen-bond donors (Lipinski definition) is 1. The molecule has 0 saturated carbocycles. The van der Waals surface area contributed by atoms with Crippen LogP contribution >= 0.6 is 0 Å². The van der Waals surface area contributed by atoms with Gasteiger partial charge in [0.15, 0.2) is 0 Å². The number of ether oxygens (including phenoxy) is 1.